The Balaban J connectivity index is 1.59. The highest BCUT2D eigenvalue weighted by molar-refractivity contribution is 8.08. The van der Waals surface area contributed by atoms with E-state index in [9.17, 15) is 18.0 Å². The summed E-state index contributed by atoms with van der Waals surface area (Å²) in [4.78, 5) is 33.7. The van der Waals surface area contributed by atoms with Crippen molar-refractivity contribution >= 4 is 38.2 Å². The van der Waals surface area contributed by atoms with Gasteiger partial charge in [-0.1, -0.05) is 44.2 Å². The number of hydrogen-bond donors (Lipinski definition) is 1. The van der Waals surface area contributed by atoms with Crippen molar-refractivity contribution in [2.24, 2.45) is 15.9 Å². The van der Waals surface area contributed by atoms with Gasteiger partial charge in [0.05, 0.1) is 11.4 Å². The second kappa shape index (κ2) is 8.76. The maximum atomic E-state index is 13.3. The first-order valence-electron chi connectivity index (χ1n) is 10.4. The molecule has 166 valence electrons. The van der Waals surface area contributed by atoms with Crippen LogP contribution in [0.1, 0.15) is 25.0 Å². The van der Waals surface area contributed by atoms with Gasteiger partial charge in [-0.25, -0.2) is 13.2 Å². The largest absolute Gasteiger partial charge is 0.369 e. The van der Waals surface area contributed by atoms with Crippen LogP contribution in [-0.4, -0.2) is 50.7 Å². The molecule has 0 spiro atoms. The minimum atomic E-state index is -4.07. The number of rotatable bonds is 6. The molecule has 2 aliphatic heterocycles. The zero-order valence-electron chi connectivity index (χ0n) is 17.9. The summed E-state index contributed by atoms with van der Waals surface area (Å²) < 4.78 is 26.7. The first kappa shape index (κ1) is 22.0. The van der Waals surface area contributed by atoms with E-state index in [-0.39, 0.29) is 28.1 Å². The van der Waals surface area contributed by atoms with Crippen LogP contribution in [0.2, 0.25) is 0 Å². The SMILES string of the molecule is CC(C)CNCC(=O)N1CCc2cc(S(=O)(=O)C3=NC(=O)N=C3c3ccccc3)ccc21. The number of hydrogen-bond acceptors (Lipinski definition) is 5. The number of sulfone groups is 1. The molecular formula is C23H24N4O4S. The van der Waals surface area contributed by atoms with Gasteiger partial charge in [-0.2, -0.15) is 9.98 Å². The standard InChI is InChI=1S/C23H24N4O4S/c1-15(2)13-24-14-20(28)27-11-10-17-12-18(8-9-19(17)27)32(30,31)22-21(25-23(29)26-22)16-6-4-3-5-7-16/h3-9,12,15,24H,10-11,13-14H2,1-2H3. The Morgan fingerprint density at radius 1 is 1.12 bits per heavy atom. The highest BCUT2D eigenvalue weighted by Gasteiger charge is 2.34. The zero-order valence-corrected chi connectivity index (χ0v) is 18.7. The summed E-state index contributed by atoms with van der Waals surface area (Å²) in [5.41, 5.74) is 2.03. The molecule has 2 heterocycles. The Morgan fingerprint density at radius 2 is 1.88 bits per heavy atom. The van der Waals surface area contributed by atoms with E-state index >= 15 is 0 Å². The van der Waals surface area contributed by atoms with Crippen LogP contribution in [0, 0.1) is 5.92 Å². The molecule has 2 aromatic carbocycles. The van der Waals surface area contributed by atoms with E-state index in [4.69, 9.17) is 0 Å². The van der Waals surface area contributed by atoms with Crippen molar-refractivity contribution in [2.75, 3.05) is 24.5 Å². The molecule has 9 heteroatoms. The first-order chi connectivity index (χ1) is 15.3. The molecule has 3 amide bonds. The summed E-state index contributed by atoms with van der Waals surface area (Å²) in [5.74, 6) is 0.389. The van der Waals surface area contributed by atoms with Gasteiger partial charge in [-0.05, 0) is 42.6 Å². The summed E-state index contributed by atoms with van der Waals surface area (Å²) >= 11 is 0. The van der Waals surface area contributed by atoms with Crippen molar-refractivity contribution in [3.63, 3.8) is 0 Å². The quantitative estimate of drug-likeness (QED) is 0.725. The molecule has 0 saturated carbocycles. The molecule has 0 bridgehead atoms. The molecule has 32 heavy (non-hydrogen) atoms. The highest BCUT2D eigenvalue weighted by Crippen LogP contribution is 2.31. The molecule has 0 aliphatic carbocycles. The number of nitrogens with zero attached hydrogens (tertiary/aromatic N) is 3. The van der Waals surface area contributed by atoms with E-state index in [1.807, 2.05) is 0 Å². The van der Waals surface area contributed by atoms with Crippen molar-refractivity contribution < 1.29 is 18.0 Å². The van der Waals surface area contributed by atoms with Crippen LogP contribution in [0.5, 0.6) is 0 Å². The number of nitrogens with one attached hydrogen (secondary N) is 1. The van der Waals surface area contributed by atoms with Crippen molar-refractivity contribution in [2.45, 2.75) is 25.2 Å². The number of benzene rings is 2. The lowest BCUT2D eigenvalue weighted by Crippen LogP contribution is -2.38. The Morgan fingerprint density at radius 3 is 2.59 bits per heavy atom. The topological polar surface area (TPSA) is 108 Å². The van der Waals surface area contributed by atoms with Gasteiger partial charge < -0.3 is 10.2 Å². The van der Waals surface area contributed by atoms with Crippen LogP contribution in [0.25, 0.3) is 0 Å². The van der Waals surface area contributed by atoms with Crippen LogP contribution >= 0.6 is 0 Å². The lowest BCUT2D eigenvalue weighted by molar-refractivity contribution is -0.117. The molecule has 8 nitrogen and oxygen atoms in total. The highest BCUT2D eigenvalue weighted by atomic mass is 32.2. The number of urea groups is 1. The second-order valence-electron chi connectivity index (χ2n) is 8.14. The van der Waals surface area contributed by atoms with Crippen molar-refractivity contribution in [3.05, 3.63) is 59.7 Å². The third-order valence-electron chi connectivity index (χ3n) is 5.30. The van der Waals surface area contributed by atoms with Gasteiger partial charge in [0, 0.05) is 17.8 Å². The van der Waals surface area contributed by atoms with E-state index in [0.717, 1.165) is 12.1 Å². The Hall–Kier alpha value is -3.17. The lowest BCUT2D eigenvalue weighted by Gasteiger charge is -2.18. The van der Waals surface area contributed by atoms with Gasteiger partial charge in [0.25, 0.3) is 0 Å². The van der Waals surface area contributed by atoms with Crippen LogP contribution in [0.15, 0.2) is 63.4 Å². The molecule has 0 unspecified atom stereocenters. The smallest absolute Gasteiger partial charge is 0.311 e. The maximum absolute atomic E-state index is 13.3. The van der Waals surface area contributed by atoms with E-state index in [2.05, 4.69) is 29.1 Å². The maximum Gasteiger partial charge on any atom is 0.369 e. The summed E-state index contributed by atoms with van der Waals surface area (Å²) in [6.45, 7) is 5.61. The average molecular weight is 453 g/mol. The van der Waals surface area contributed by atoms with Gasteiger partial charge >= 0.3 is 6.03 Å². The van der Waals surface area contributed by atoms with Gasteiger partial charge in [0.15, 0.2) is 5.04 Å². The predicted molar refractivity (Wildman–Crippen MR) is 123 cm³/mol. The van der Waals surface area contributed by atoms with Crippen LogP contribution in [0.3, 0.4) is 0 Å². The Bertz CT molecular complexity index is 1230. The third kappa shape index (κ3) is 4.26. The average Bonchev–Trinajstić information content (AvgIpc) is 3.37. The normalized spacial score (nSPS) is 15.7. The number of carbonyl (C=O) groups excluding carboxylic acids is 2. The fourth-order valence-electron chi connectivity index (χ4n) is 3.76. The molecule has 0 saturated heterocycles. The summed E-state index contributed by atoms with van der Waals surface area (Å²) in [5, 5.41) is 2.79. The van der Waals surface area contributed by atoms with Crippen molar-refractivity contribution in [1.29, 1.82) is 0 Å². The van der Waals surface area contributed by atoms with Gasteiger partial charge in [0.1, 0.15) is 5.71 Å². The molecule has 2 aromatic rings. The van der Waals surface area contributed by atoms with Crippen LogP contribution < -0.4 is 10.2 Å². The van der Waals surface area contributed by atoms with Crippen LogP contribution in [0.4, 0.5) is 10.5 Å². The molecule has 4 rings (SSSR count). The van der Waals surface area contributed by atoms with Crippen molar-refractivity contribution in [1.82, 2.24) is 5.32 Å². The van der Waals surface area contributed by atoms with E-state index in [1.165, 1.54) is 6.07 Å². The fraction of sp³-hybridized carbons (Fsp3) is 0.304. The summed E-state index contributed by atoms with van der Waals surface area (Å²) in [7, 11) is -4.07. The molecular weight excluding hydrogens is 428 g/mol. The third-order valence-corrected chi connectivity index (χ3v) is 6.96. The molecule has 0 aromatic heterocycles. The predicted octanol–water partition coefficient (Wildman–Crippen LogP) is 2.62. The Labute approximate surface area is 187 Å². The second-order valence-corrected chi connectivity index (χ2v) is 10.0. The molecule has 0 atom stereocenters. The minimum absolute atomic E-state index is 0.0283. The Kier molecular flexibility index (Phi) is 6.03. The van der Waals surface area contributed by atoms with E-state index in [1.54, 1.807) is 47.4 Å². The summed E-state index contributed by atoms with van der Waals surface area (Å²) in [6, 6.07) is 12.5. The monoisotopic (exact) mass is 452 g/mol. The molecule has 0 radical (unpaired) electrons. The number of fused-ring (bicyclic) bond motifs is 1. The van der Waals surface area contributed by atoms with Gasteiger partial charge in [0.2, 0.25) is 15.7 Å². The van der Waals surface area contributed by atoms with Gasteiger partial charge in [-0.15, -0.1) is 0 Å². The number of anilines is 1. The molecule has 1 N–H and O–H groups in total. The fourth-order valence-corrected chi connectivity index (χ4v) is 5.14. The lowest BCUT2D eigenvalue weighted by atomic mass is 10.1. The van der Waals surface area contributed by atoms with E-state index < -0.39 is 15.9 Å². The van der Waals surface area contributed by atoms with Crippen molar-refractivity contribution in [3.8, 4) is 0 Å². The first-order valence-corrected chi connectivity index (χ1v) is 11.9. The number of amides is 3. The zero-order chi connectivity index (χ0) is 22.9. The molecule has 0 fully saturated rings. The molecule has 2 aliphatic rings. The summed E-state index contributed by atoms with van der Waals surface area (Å²) in [6.07, 6.45) is 0.555. The van der Waals surface area contributed by atoms with Crippen LogP contribution in [-0.2, 0) is 21.1 Å². The van der Waals surface area contributed by atoms with E-state index in [0.29, 0.717) is 30.1 Å². The van der Waals surface area contributed by atoms with Gasteiger partial charge in [-0.3, -0.25) is 4.79 Å². The number of carbonyl (C=O) groups is 2. The number of aliphatic imine (C=N–C) groups is 2. The minimum Gasteiger partial charge on any atom is -0.311 e.